The Morgan fingerprint density at radius 2 is 1.79 bits per heavy atom. The van der Waals surface area contributed by atoms with Crippen molar-refractivity contribution in [3.63, 3.8) is 0 Å². The highest BCUT2D eigenvalue weighted by atomic mass is 16.6. The second kappa shape index (κ2) is 6.79. The highest BCUT2D eigenvalue weighted by Crippen LogP contribution is 2.12. The molecule has 0 aromatic carbocycles. The molecule has 4 nitrogen and oxygen atoms in total. The van der Waals surface area contributed by atoms with Gasteiger partial charge in [0.2, 0.25) is 0 Å². The Bertz CT molecular complexity index is 167. The first-order valence-corrected chi connectivity index (χ1v) is 5.14. The summed E-state index contributed by atoms with van der Waals surface area (Å²) in [5.74, 6) is -0.331. The second-order valence-corrected chi connectivity index (χ2v) is 3.20. The maximum absolute atomic E-state index is 11.5. The molecule has 0 rings (SSSR count). The van der Waals surface area contributed by atoms with E-state index < -0.39 is 5.54 Å². The van der Waals surface area contributed by atoms with Crippen molar-refractivity contribution >= 4 is 5.97 Å². The topological polar surface area (TPSA) is 61.5 Å². The second-order valence-electron chi connectivity index (χ2n) is 3.20. The van der Waals surface area contributed by atoms with Crippen LogP contribution in [-0.4, -0.2) is 31.3 Å². The van der Waals surface area contributed by atoms with Crippen LogP contribution in [0, 0.1) is 0 Å². The maximum atomic E-state index is 11.5. The van der Waals surface area contributed by atoms with Crippen molar-refractivity contribution in [1.29, 1.82) is 0 Å². The average Bonchev–Trinajstić information content (AvgIpc) is 2.22. The average molecular weight is 203 g/mol. The van der Waals surface area contributed by atoms with Crippen LogP contribution in [0.25, 0.3) is 0 Å². The van der Waals surface area contributed by atoms with E-state index in [2.05, 4.69) is 0 Å². The zero-order chi connectivity index (χ0) is 11.0. The van der Waals surface area contributed by atoms with Gasteiger partial charge in [-0.05, 0) is 19.8 Å². The fraction of sp³-hybridized carbons (Fsp3) is 0.900. The van der Waals surface area contributed by atoms with Crippen molar-refractivity contribution in [2.75, 3.05) is 19.8 Å². The summed E-state index contributed by atoms with van der Waals surface area (Å²) in [6, 6.07) is 0. The third-order valence-electron chi connectivity index (χ3n) is 2.33. The van der Waals surface area contributed by atoms with Crippen LogP contribution >= 0.6 is 0 Å². The van der Waals surface area contributed by atoms with E-state index >= 15 is 0 Å². The molecule has 0 aromatic heterocycles. The first kappa shape index (κ1) is 13.4. The molecule has 0 aromatic rings. The van der Waals surface area contributed by atoms with Crippen LogP contribution in [0.5, 0.6) is 0 Å². The summed E-state index contributed by atoms with van der Waals surface area (Å²) in [5.41, 5.74) is 5.01. The number of carbonyl (C=O) groups excluding carboxylic acids is 1. The molecule has 0 aliphatic carbocycles. The van der Waals surface area contributed by atoms with Crippen molar-refractivity contribution in [2.45, 2.75) is 39.2 Å². The van der Waals surface area contributed by atoms with E-state index in [-0.39, 0.29) is 12.6 Å². The van der Waals surface area contributed by atoms with E-state index in [0.29, 0.717) is 26.1 Å². The van der Waals surface area contributed by atoms with E-state index in [1.807, 2.05) is 20.8 Å². The Balaban J connectivity index is 3.82. The van der Waals surface area contributed by atoms with Crippen molar-refractivity contribution in [2.24, 2.45) is 5.73 Å². The number of rotatable bonds is 7. The highest BCUT2D eigenvalue weighted by Gasteiger charge is 2.31. The monoisotopic (exact) mass is 203 g/mol. The highest BCUT2D eigenvalue weighted by molar-refractivity contribution is 5.80. The summed E-state index contributed by atoms with van der Waals surface area (Å²) in [6.07, 6.45) is 1.19. The Labute approximate surface area is 85.8 Å². The molecular formula is C10H21NO3. The summed E-state index contributed by atoms with van der Waals surface area (Å²) in [5, 5.41) is 0. The minimum atomic E-state index is -0.827. The van der Waals surface area contributed by atoms with E-state index in [1.165, 1.54) is 0 Å². The van der Waals surface area contributed by atoms with Crippen LogP contribution in [0.15, 0.2) is 0 Å². The Kier molecular flexibility index (Phi) is 6.49. The lowest BCUT2D eigenvalue weighted by molar-refractivity contribution is -0.152. The molecule has 0 saturated heterocycles. The molecule has 4 heteroatoms. The number of carbonyl (C=O) groups is 1. The molecular weight excluding hydrogens is 182 g/mol. The van der Waals surface area contributed by atoms with Crippen molar-refractivity contribution in [1.82, 2.24) is 0 Å². The van der Waals surface area contributed by atoms with Gasteiger partial charge in [0.15, 0.2) is 0 Å². The minimum absolute atomic E-state index is 0.283. The minimum Gasteiger partial charge on any atom is -0.462 e. The molecule has 0 heterocycles. The molecule has 0 unspecified atom stereocenters. The molecule has 0 radical (unpaired) electrons. The molecule has 14 heavy (non-hydrogen) atoms. The lowest BCUT2D eigenvalue weighted by Gasteiger charge is -2.23. The molecule has 0 fully saturated rings. The first-order valence-electron chi connectivity index (χ1n) is 5.14. The Morgan fingerprint density at radius 1 is 1.21 bits per heavy atom. The van der Waals surface area contributed by atoms with Gasteiger partial charge < -0.3 is 15.2 Å². The molecule has 0 bridgehead atoms. The fourth-order valence-electron chi connectivity index (χ4n) is 1.02. The standard InChI is InChI=1S/C10H21NO3/c1-4-10(11,5-2)9(12)14-8-7-13-6-3/h4-8,11H2,1-3H3. The van der Waals surface area contributed by atoms with E-state index in [0.717, 1.165) is 0 Å². The van der Waals surface area contributed by atoms with Gasteiger partial charge in [-0.3, -0.25) is 4.79 Å². The summed E-state index contributed by atoms with van der Waals surface area (Å²) in [7, 11) is 0. The van der Waals surface area contributed by atoms with Gasteiger partial charge in [0.05, 0.1) is 6.61 Å². The lowest BCUT2D eigenvalue weighted by Crippen LogP contribution is -2.48. The number of esters is 1. The SMILES string of the molecule is CCOCCOC(=O)C(N)(CC)CC. The predicted molar refractivity (Wildman–Crippen MR) is 55.0 cm³/mol. The summed E-state index contributed by atoms with van der Waals surface area (Å²) in [6.45, 7) is 7.01. The van der Waals surface area contributed by atoms with Gasteiger partial charge in [-0.2, -0.15) is 0 Å². The predicted octanol–water partition coefficient (Wildman–Crippen LogP) is 1.08. The third kappa shape index (κ3) is 4.07. The zero-order valence-electron chi connectivity index (χ0n) is 9.34. The summed E-state index contributed by atoms with van der Waals surface area (Å²) < 4.78 is 10.0. The first-order chi connectivity index (χ1) is 6.60. The third-order valence-corrected chi connectivity index (χ3v) is 2.33. The van der Waals surface area contributed by atoms with Crippen LogP contribution in [0.4, 0.5) is 0 Å². The normalized spacial score (nSPS) is 11.4. The molecule has 84 valence electrons. The van der Waals surface area contributed by atoms with E-state index in [1.54, 1.807) is 0 Å². The van der Waals surface area contributed by atoms with Crippen molar-refractivity contribution < 1.29 is 14.3 Å². The number of hydrogen-bond acceptors (Lipinski definition) is 4. The van der Waals surface area contributed by atoms with Gasteiger partial charge in [0, 0.05) is 6.61 Å². The van der Waals surface area contributed by atoms with Crippen LogP contribution in [0.3, 0.4) is 0 Å². The van der Waals surface area contributed by atoms with Crippen molar-refractivity contribution in [3.05, 3.63) is 0 Å². The lowest BCUT2D eigenvalue weighted by atomic mass is 9.95. The molecule has 0 aliphatic rings. The fourth-order valence-corrected chi connectivity index (χ4v) is 1.02. The Hall–Kier alpha value is -0.610. The van der Waals surface area contributed by atoms with Gasteiger partial charge >= 0.3 is 5.97 Å². The molecule has 0 amide bonds. The maximum Gasteiger partial charge on any atom is 0.326 e. The van der Waals surface area contributed by atoms with Gasteiger partial charge in [-0.25, -0.2) is 0 Å². The van der Waals surface area contributed by atoms with Crippen LogP contribution in [-0.2, 0) is 14.3 Å². The zero-order valence-corrected chi connectivity index (χ0v) is 9.34. The van der Waals surface area contributed by atoms with Gasteiger partial charge in [-0.1, -0.05) is 13.8 Å². The van der Waals surface area contributed by atoms with Gasteiger partial charge in [0.25, 0.3) is 0 Å². The van der Waals surface area contributed by atoms with E-state index in [4.69, 9.17) is 15.2 Å². The molecule has 0 atom stereocenters. The quantitative estimate of drug-likeness (QED) is 0.497. The van der Waals surface area contributed by atoms with Gasteiger partial charge in [0.1, 0.15) is 12.1 Å². The van der Waals surface area contributed by atoms with Gasteiger partial charge in [-0.15, -0.1) is 0 Å². The van der Waals surface area contributed by atoms with Crippen molar-refractivity contribution in [3.8, 4) is 0 Å². The number of hydrogen-bond donors (Lipinski definition) is 1. The smallest absolute Gasteiger partial charge is 0.326 e. The number of ether oxygens (including phenoxy) is 2. The largest absolute Gasteiger partial charge is 0.462 e. The van der Waals surface area contributed by atoms with Crippen LogP contribution in [0.1, 0.15) is 33.6 Å². The molecule has 0 aliphatic heterocycles. The van der Waals surface area contributed by atoms with Crippen LogP contribution in [0.2, 0.25) is 0 Å². The molecule has 2 N–H and O–H groups in total. The summed E-state index contributed by atoms with van der Waals surface area (Å²) >= 11 is 0. The number of nitrogens with two attached hydrogens (primary N) is 1. The van der Waals surface area contributed by atoms with E-state index in [9.17, 15) is 4.79 Å². The summed E-state index contributed by atoms with van der Waals surface area (Å²) in [4.78, 5) is 11.5. The Morgan fingerprint density at radius 3 is 2.21 bits per heavy atom. The van der Waals surface area contributed by atoms with Crippen LogP contribution < -0.4 is 5.73 Å². The molecule has 0 saturated carbocycles. The molecule has 0 spiro atoms.